The summed E-state index contributed by atoms with van der Waals surface area (Å²) in [6.07, 6.45) is 0.564. The molecule has 0 spiro atoms. The number of methoxy groups -OCH3 is 1. The van der Waals surface area contributed by atoms with Crippen LogP contribution in [0.4, 0.5) is 4.79 Å². The maximum atomic E-state index is 11.0. The lowest BCUT2D eigenvalue weighted by Crippen LogP contribution is -2.35. The first kappa shape index (κ1) is 13.2. The third kappa shape index (κ3) is 6.71. The zero-order valence-electron chi connectivity index (χ0n) is 9.55. The van der Waals surface area contributed by atoms with Gasteiger partial charge in [-0.3, -0.25) is 0 Å². The van der Waals surface area contributed by atoms with Gasteiger partial charge < -0.3 is 14.8 Å². The van der Waals surface area contributed by atoms with Crippen molar-refractivity contribution in [2.75, 3.05) is 26.9 Å². The normalized spacial score (nSPS) is 11.1. The van der Waals surface area contributed by atoms with Gasteiger partial charge in [0.15, 0.2) is 0 Å². The monoisotopic (exact) mass is 203 g/mol. The molecule has 0 bridgehead atoms. The van der Waals surface area contributed by atoms with Gasteiger partial charge in [-0.05, 0) is 18.8 Å². The SMILES string of the molecule is CCOC(=O)NCC(C)(C)CCOC. The molecule has 4 nitrogen and oxygen atoms in total. The molecule has 0 heterocycles. The Morgan fingerprint density at radius 1 is 1.43 bits per heavy atom. The van der Waals surface area contributed by atoms with Crippen molar-refractivity contribution in [2.24, 2.45) is 5.41 Å². The minimum atomic E-state index is -0.349. The molecule has 14 heavy (non-hydrogen) atoms. The largest absolute Gasteiger partial charge is 0.450 e. The van der Waals surface area contributed by atoms with Crippen LogP contribution in [0, 0.1) is 5.41 Å². The van der Waals surface area contributed by atoms with Gasteiger partial charge in [-0.2, -0.15) is 0 Å². The number of amides is 1. The van der Waals surface area contributed by atoms with Crippen LogP contribution in [0.25, 0.3) is 0 Å². The highest BCUT2D eigenvalue weighted by Crippen LogP contribution is 2.18. The molecule has 0 rings (SSSR count). The van der Waals surface area contributed by atoms with E-state index in [9.17, 15) is 4.79 Å². The Bertz CT molecular complexity index is 169. The zero-order chi connectivity index (χ0) is 11.0. The van der Waals surface area contributed by atoms with E-state index in [-0.39, 0.29) is 11.5 Å². The molecule has 0 aromatic heterocycles. The first-order valence-electron chi connectivity index (χ1n) is 4.91. The summed E-state index contributed by atoms with van der Waals surface area (Å²) in [6, 6.07) is 0. The minimum absolute atomic E-state index is 0.0444. The van der Waals surface area contributed by atoms with Crippen molar-refractivity contribution in [3.8, 4) is 0 Å². The number of rotatable bonds is 6. The molecule has 84 valence electrons. The van der Waals surface area contributed by atoms with Crippen LogP contribution in [0.3, 0.4) is 0 Å². The van der Waals surface area contributed by atoms with E-state index in [1.807, 2.05) is 0 Å². The topological polar surface area (TPSA) is 47.6 Å². The molecule has 0 aromatic rings. The van der Waals surface area contributed by atoms with Crippen LogP contribution in [0.5, 0.6) is 0 Å². The zero-order valence-corrected chi connectivity index (χ0v) is 9.55. The van der Waals surface area contributed by atoms with Crippen LogP contribution in [0.2, 0.25) is 0 Å². The highest BCUT2D eigenvalue weighted by Gasteiger charge is 2.18. The van der Waals surface area contributed by atoms with Gasteiger partial charge in [-0.25, -0.2) is 4.79 Å². The fourth-order valence-electron chi connectivity index (χ4n) is 0.960. The molecule has 0 unspecified atom stereocenters. The Kier molecular flexibility index (Phi) is 6.28. The predicted molar refractivity (Wildman–Crippen MR) is 55.3 cm³/mol. The molecule has 4 heteroatoms. The highest BCUT2D eigenvalue weighted by molar-refractivity contribution is 5.67. The van der Waals surface area contributed by atoms with Gasteiger partial charge in [0.2, 0.25) is 0 Å². The number of carbonyl (C=O) groups excluding carboxylic acids is 1. The van der Waals surface area contributed by atoms with Crippen molar-refractivity contribution in [2.45, 2.75) is 27.2 Å². The average molecular weight is 203 g/mol. The summed E-state index contributed by atoms with van der Waals surface area (Å²) in [5.74, 6) is 0. The summed E-state index contributed by atoms with van der Waals surface area (Å²) in [4.78, 5) is 11.0. The fourth-order valence-corrected chi connectivity index (χ4v) is 0.960. The molecule has 0 aliphatic heterocycles. The van der Waals surface area contributed by atoms with E-state index in [1.54, 1.807) is 14.0 Å². The van der Waals surface area contributed by atoms with Crippen molar-refractivity contribution in [1.29, 1.82) is 0 Å². The number of ether oxygens (including phenoxy) is 2. The molecular weight excluding hydrogens is 182 g/mol. The molecule has 0 aromatic carbocycles. The van der Waals surface area contributed by atoms with Crippen molar-refractivity contribution in [1.82, 2.24) is 5.32 Å². The lowest BCUT2D eigenvalue weighted by Gasteiger charge is -2.24. The lowest BCUT2D eigenvalue weighted by atomic mass is 9.90. The summed E-state index contributed by atoms with van der Waals surface area (Å²) in [6.45, 7) is 7.67. The smallest absolute Gasteiger partial charge is 0.407 e. The first-order valence-corrected chi connectivity index (χ1v) is 4.91. The van der Waals surface area contributed by atoms with Crippen LogP contribution in [0.1, 0.15) is 27.2 Å². The maximum absolute atomic E-state index is 11.0. The van der Waals surface area contributed by atoms with Gasteiger partial charge in [0.05, 0.1) is 6.61 Å². The summed E-state index contributed by atoms with van der Waals surface area (Å²) < 4.78 is 9.75. The molecule has 1 N–H and O–H groups in total. The van der Waals surface area contributed by atoms with Crippen molar-refractivity contribution in [3.05, 3.63) is 0 Å². The van der Waals surface area contributed by atoms with Gasteiger partial charge >= 0.3 is 6.09 Å². The first-order chi connectivity index (χ1) is 6.52. The molecule has 0 fully saturated rings. The van der Waals surface area contributed by atoms with E-state index < -0.39 is 0 Å². The Morgan fingerprint density at radius 3 is 2.57 bits per heavy atom. The van der Waals surface area contributed by atoms with Crippen LogP contribution in [-0.4, -0.2) is 33.0 Å². The van der Waals surface area contributed by atoms with Crippen LogP contribution in [0.15, 0.2) is 0 Å². The summed E-state index contributed by atoms with van der Waals surface area (Å²) in [7, 11) is 1.68. The van der Waals surface area contributed by atoms with Crippen LogP contribution < -0.4 is 5.32 Å². The lowest BCUT2D eigenvalue weighted by molar-refractivity contribution is 0.133. The van der Waals surface area contributed by atoms with Gasteiger partial charge in [-0.1, -0.05) is 13.8 Å². The quantitative estimate of drug-likeness (QED) is 0.716. The van der Waals surface area contributed by atoms with Crippen molar-refractivity contribution in [3.63, 3.8) is 0 Å². The Hall–Kier alpha value is -0.770. The summed E-state index contributed by atoms with van der Waals surface area (Å²) in [5, 5.41) is 2.72. The predicted octanol–water partition coefficient (Wildman–Crippen LogP) is 1.80. The van der Waals surface area contributed by atoms with E-state index in [0.717, 1.165) is 6.42 Å². The maximum Gasteiger partial charge on any atom is 0.407 e. The number of hydrogen-bond acceptors (Lipinski definition) is 3. The second-order valence-electron chi connectivity index (χ2n) is 3.98. The molecule has 1 amide bonds. The van der Waals surface area contributed by atoms with E-state index >= 15 is 0 Å². The standard InChI is InChI=1S/C10H21NO3/c1-5-14-9(12)11-8-10(2,3)6-7-13-4/h5-8H2,1-4H3,(H,11,12). The number of alkyl carbamates (subject to hydrolysis) is 1. The molecule has 0 aliphatic carbocycles. The van der Waals surface area contributed by atoms with E-state index in [2.05, 4.69) is 19.2 Å². The Morgan fingerprint density at radius 2 is 2.07 bits per heavy atom. The average Bonchev–Trinajstić information content (AvgIpc) is 2.13. The fraction of sp³-hybridized carbons (Fsp3) is 0.900. The molecule has 0 atom stereocenters. The molecular formula is C10H21NO3. The molecule has 0 radical (unpaired) electrons. The van der Waals surface area contributed by atoms with Gasteiger partial charge in [0.25, 0.3) is 0 Å². The highest BCUT2D eigenvalue weighted by atomic mass is 16.5. The van der Waals surface area contributed by atoms with Crippen LogP contribution >= 0.6 is 0 Å². The molecule has 0 saturated heterocycles. The second-order valence-corrected chi connectivity index (χ2v) is 3.98. The summed E-state index contributed by atoms with van der Waals surface area (Å²) in [5.41, 5.74) is 0.0444. The van der Waals surface area contributed by atoms with Gasteiger partial charge in [0.1, 0.15) is 0 Å². The van der Waals surface area contributed by atoms with E-state index in [0.29, 0.717) is 19.8 Å². The van der Waals surface area contributed by atoms with Gasteiger partial charge in [-0.15, -0.1) is 0 Å². The Balaban J connectivity index is 3.68. The van der Waals surface area contributed by atoms with Crippen molar-refractivity contribution >= 4 is 6.09 Å². The number of nitrogens with one attached hydrogen (secondary N) is 1. The van der Waals surface area contributed by atoms with E-state index in [4.69, 9.17) is 9.47 Å². The van der Waals surface area contributed by atoms with Gasteiger partial charge in [0, 0.05) is 20.3 Å². The third-order valence-electron chi connectivity index (χ3n) is 1.97. The van der Waals surface area contributed by atoms with E-state index in [1.165, 1.54) is 0 Å². The van der Waals surface area contributed by atoms with Crippen molar-refractivity contribution < 1.29 is 14.3 Å². The third-order valence-corrected chi connectivity index (χ3v) is 1.97. The number of carbonyl (C=O) groups is 1. The summed E-state index contributed by atoms with van der Waals surface area (Å²) >= 11 is 0. The number of hydrogen-bond donors (Lipinski definition) is 1. The van der Waals surface area contributed by atoms with Crippen LogP contribution in [-0.2, 0) is 9.47 Å². The minimum Gasteiger partial charge on any atom is -0.450 e. The molecule has 0 aliphatic rings. The molecule has 0 saturated carbocycles. The second kappa shape index (κ2) is 6.65. The Labute approximate surface area is 86.0 Å².